The van der Waals surface area contributed by atoms with Crippen molar-refractivity contribution in [2.75, 3.05) is 0 Å². The van der Waals surface area contributed by atoms with Crippen LogP contribution in [0.25, 0.3) is 0 Å². The average Bonchev–Trinajstić information content (AvgIpc) is 3.02. The van der Waals surface area contributed by atoms with Gasteiger partial charge in [0.2, 0.25) is 16.6 Å². The molecule has 0 aromatic heterocycles. The second-order valence-electron chi connectivity index (χ2n) is 14.8. The summed E-state index contributed by atoms with van der Waals surface area (Å²) in [5.41, 5.74) is 4.26. The third-order valence-electron chi connectivity index (χ3n) is 11.3. The number of benzene rings is 2. The molecule has 0 saturated heterocycles. The molecular weight excluding hydrogens is 605 g/mol. The highest BCUT2D eigenvalue weighted by Crippen LogP contribution is 2.51. The summed E-state index contributed by atoms with van der Waals surface area (Å²) >= 11 is 0. The van der Waals surface area contributed by atoms with Crippen LogP contribution < -0.4 is 10.4 Å². The van der Waals surface area contributed by atoms with Crippen molar-refractivity contribution in [1.82, 2.24) is 0 Å². The van der Waals surface area contributed by atoms with Crippen molar-refractivity contribution in [2.45, 2.75) is 135 Å². The first-order chi connectivity index (χ1) is 20.3. The summed E-state index contributed by atoms with van der Waals surface area (Å²) in [7, 11) is -9.62. The van der Waals surface area contributed by atoms with E-state index >= 15 is 0 Å². The van der Waals surface area contributed by atoms with Gasteiger partial charge in [-0.05, 0) is 76.1 Å². The summed E-state index contributed by atoms with van der Waals surface area (Å²) in [5.74, 6) is 0. The molecule has 0 bridgehead atoms. The Morgan fingerprint density at radius 1 is 0.659 bits per heavy atom. The molecule has 0 aliphatic heterocycles. The van der Waals surface area contributed by atoms with Gasteiger partial charge in [-0.25, -0.2) is 0 Å². The fourth-order valence-electron chi connectivity index (χ4n) is 6.71. The van der Waals surface area contributed by atoms with Crippen LogP contribution in [0.15, 0.2) is 85.2 Å². The zero-order valence-electron chi connectivity index (χ0n) is 30.5. The van der Waals surface area contributed by atoms with Gasteiger partial charge in [0.1, 0.15) is 8.07 Å². The molecule has 0 radical (unpaired) electrons. The molecule has 4 unspecified atom stereocenters. The molecule has 0 N–H and O–H groups in total. The molecule has 0 aliphatic carbocycles. The van der Waals surface area contributed by atoms with E-state index in [4.69, 9.17) is 13.3 Å². The fourth-order valence-corrected chi connectivity index (χ4v) is 20.6. The molecule has 2 rings (SSSR count). The Morgan fingerprint density at radius 2 is 1.11 bits per heavy atom. The van der Waals surface area contributed by atoms with Crippen LogP contribution in [0.5, 0.6) is 0 Å². The lowest BCUT2D eigenvalue weighted by molar-refractivity contribution is 0.0607. The minimum Gasteiger partial charge on any atom is -0.411 e. The van der Waals surface area contributed by atoms with Crippen LogP contribution >= 0.6 is 0 Å². The van der Waals surface area contributed by atoms with E-state index in [1.165, 1.54) is 10.4 Å². The molecule has 0 fully saturated rings. The molecule has 0 spiro atoms. The molecule has 2 aromatic rings. The van der Waals surface area contributed by atoms with Crippen LogP contribution in [-0.4, -0.2) is 49.6 Å². The Balaban J connectivity index is 2.99. The average molecular weight is 669 g/mol. The van der Waals surface area contributed by atoms with Gasteiger partial charge in [0, 0.05) is 10.3 Å². The van der Waals surface area contributed by atoms with Crippen LogP contribution in [0.4, 0.5) is 0 Å². The Morgan fingerprint density at radius 3 is 1.45 bits per heavy atom. The third-order valence-corrected chi connectivity index (χ3v) is 27.1. The van der Waals surface area contributed by atoms with E-state index in [-0.39, 0.29) is 21.6 Å². The third kappa shape index (κ3) is 7.29. The van der Waals surface area contributed by atoms with Gasteiger partial charge in [-0.1, -0.05) is 120 Å². The van der Waals surface area contributed by atoms with Gasteiger partial charge >= 0.3 is 0 Å². The predicted molar refractivity (Wildman–Crippen MR) is 204 cm³/mol. The molecule has 0 amide bonds. The van der Waals surface area contributed by atoms with E-state index in [0.29, 0.717) is 0 Å². The maximum Gasteiger partial charge on any atom is 0.264 e. The van der Waals surface area contributed by atoms with Gasteiger partial charge in [-0.2, -0.15) is 0 Å². The van der Waals surface area contributed by atoms with Crippen LogP contribution in [0.1, 0.15) is 74.1 Å². The minimum atomic E-state index is -3.05. The smallest absolute Gasteiger partial charge is 0.264 e. The lowest BCUT2D eigenvalue weighted by atomic mass is 9.98. The maximum absolute atomic E-state index is 8.09. The normalized spacial score (nSPS) is 18.0. The van der Waals surface area contributed by atoms with Crippen molar-refractivity contribution >= 4 is 43.4 Å². The number of hydrogen-bond acceptors (Lipinski definition) is 3. The lowest BCUT2D eigenvalue weighted by Gasteiger charge is -2.57. The first kappa shape index (κ1) is 38.8. The zero-order chi connectivity index (χ0) is 33.7. The Labute approximate surface area is 275 Å². The molecule has 246 valence electrons. The van der Waals surface area contributed by atoms with E-state index in [0.717, 1.165) is 25.7 Å². The second-order valence-corrected chi connectivity index (χ2v) is 31.7. The summed E-state index contributed by atoms with van der Waals surface area (Å²) in [5, 5.41) is 1.64. The van der Waals surface area contributed by atoms with E-state index in [1.54, 1.807) is 0 Å². The molecule has 44 heavy (non-hydrogen) atoms. The van der Waals surface area contributed by atoms with Crippen molar-refractivity contribution in [2.24, 2.45) is 0 Å². The van der Waals surface area contributed by atoms with Crippen molar-refractivity contribution in [3.05, 3.63) is 85.2 Å². The van der Waals surface area contributed by atoms with Gasteiger partial charge in [0.05, 0.1) is 11.3 Å². The van der Waals surface area contributed by atoms with Crippen LogP contribution in [0, 0.1) is 0 Å². The predicted octanol–water partition coefficient (Wildman–Crippen LogP) is 9.73. The van der Waals surface area contributed by atoms with Gasteiger partial charge < -0.3 is 13.3 Å². The van der Waals surface area contributed by atoms with Crippen molar-refractivity contribution < 1.29 is 13.3 Å². The minimum absolute atomic E-state index is 0.0288. The highest BCUT2D eigenvalue weighted by Gasteiger charge is 2.63. The SMILES string of the molecule is C=C[Si](C)(C)OC(C)(CC)[Si](C)(C)OC(CC)C(C)(CC)[Si](OC(C)(CC)[Si](C)(C)C=C)(c1ccccc1)c1ccccc1. The summed E-state index contributed by atoms with van der Waals surface area (Å²) in [6, 6.07) is 22.3. The Kier molecular flexibility index (Phi) is 12.9. The van der Waals surface area contributed by atoms with Crippen molar-refractivity contribution in [1.29, 1.82) is 0 Å². The quantitative estimate of drug-likeness (QED) is 0.148. The van der Waals surface area contributed by atoms with Crippen LogP contribution in [0.3, 0.4) is 0 Å². The van der Waals surface area contributed by atoms with Crippen molar-refractivity contribution in [3.63, 3.8) is 0 Å². The molecule has 0 aliphatic rings. The number of rotatable bonds is 18. The molecule has 0 saturated carbocycles. The molecule has 0 heterocycles. The highest BCUT2D eigenvalue weighted by atomic mass is 28.4. The maximum atomic E-state index is 8.09. The first-order valence-corrected chi connectivity index (χ1v) is 27.7. The lowest BCUT2D eigenvalue weighted by Crippen LogP contribution is -2.75. The topological polar surface area (TPSA) is 27.7 Å². The van der Waals surface area contributed by atoms with E-state index < -0.39 is 33.0 Å². The van der Waals surface area contributed by atoms with Gasteiger partial charge in [0.15, 0.2) is 0 Å². The van der Waals surface area contributed by atoms with Gasteiger partial charge in [-0.15, -0.1) is 13.2 Å². The van der Waals surface area contributed by atoms with Crippen LogP contribution in [-0.2, 0) is 13.3 Å². The van der Waals surface area contributed by atoms with Gasteiger partial charge in [-0.3, -0.25) is 0 Å². The van der Waals surface area contributed by atoms with Gasteiger partial charge in [0.25, 0.3) is 8.32 Å². The Hall–Kier alpha value is -1.33. The summed E-state index contributed by atoms with van der Waals surface area (Å²) in [4.78, 5) is 0. The van der Waals surface area contributed by atoms with Crippen LogP contribution in [0.2, 0.25) is 44.3 Å². The largest absolute Gasteiger partial charge is 0.411 e. The summed E-state index contributed by atoms with van der Waals surface area (Å²) in [6.45, 7) is 38.8. The zero-order valence-corrected chi connectivity index (χ0v) is 34.5. The molecular formula is C37H64O3Si4. The summed E-state index contributed by atoms with van der Waals surface area (Å²) < 4.78 is 22.8. The number of hydrogen-bond donors (Lipinski definition) is 0. The molecule has 3 nitrogen and oxygen atoms in total. The van der Waals surface area contributed by atoms with E-state index in [1.807, 2.05) is 5.70 Å². The van der Waals surface area contributed by atoms with E-state index in [9.17, 15) is 0 Å². The van der Waals surface area contributed by atoms with Crippen molar-refractivity contribution in [3.8, 4) is 0 Å². The molecule has 2 aromatic carbocycles. The second kappa shape index (κ2) is 14.6. The molecule has 7 heteroatoms. The fraction of sp³-hybridized carbons (Fsp3) is 0.568. The highest BCUT2D eigenvalue weighted by molar-refractivity contribution is 7.00. The first-order valence-electron chi connectivity index (χ1n) is 16.8. The standard InChI is InChI=1S/C37H64O3Si4/c1-16-34(38-43(14,15)37(9,19-4)39-42(12,13)21-6)35(7,17-2)44(32-28-24-22-25-29-32,33-30-26-23-27-31-33)40-36(8,18-3)41(10,11)20-5/h20-31,34H,5-6,16-19H2,1-4,7-15H3. The Bertz CT molecular complexity index is 1180. The summed E-state index contributed by atoms with van der Waals surface area (Å²) in [6.07, 6.45) is 3.62. The molecule has 4 atom stereocenters. The monoisotopic (exact) mass is 668 g/mol. The van der Waals surface area contributed by atoms with E-state index in [2.05, 4.69) is 167 Å².